The molecule has 98 valence electrons. The van der Waals surface area contributed by atoms with Crippen molar-refractivity contribution in [2.24, 2.45) is 4.99 Å². The van der Waals surface area contributed by atoms with Crippen molar-refractivity contribution in [3.63, 3.8) is 0 Å². The van der Waals surface area contributed by atoms with Gasteiger partial charge in [0.25, 0.3) is 0 Å². The van der Waals surface area contributed by atoms with Crippen molar-refractivity contribution in [1.82, 2.24) is 4.90 Å². The number of nitrogens with zero attached hydrogens (tertiary/aromatic N) is 2. The fourth-order valence-corrected chi connectivity index (χ4v) is 4.17. The van der Waals surface area contributed by atoms with Gasteiger partial charge in [0.15, 0.2) is 9.84 Å². The van der Waals surface area contributed by atoms with Crippen molar-refractivity contribution in [3.8, 4) is 0 Å². The highest BCUT2D eigenvalue weighted by atomic mass is 32.2. The summed E-state index contributed by atoms with van der Waals surface area (Å²) in [5.41, 5.74) is 0.999. The number of benzene rings is 1. The number of aliphatic imine (C=N–C) groups is 1. The van der Waals surface area contributed by atoms with Crippen molar-refractivity contribution in [1.29, 1.82) is 0 Å². The van der Waals surface area contributed by atoms with Crippen LogP contribution in [-0.4, -0.2) is 57.2 Å². The second kappa shape index (κ2) is 5.20. The second-order valence-corrected chi connectivity index (χ2v) is 7.02. The van der Waals surface area contributed by atoms with E-state index < -0.39 is 9.84 Å². The standard InChI is InChI=1S/C13H18N2O2S/c1-15(2)13-10-18(16,17)9-12(13)14-8-11-6-4-3-5-7-11/h3-8,12-13H,9-10H2,1-2H3. The predicted octanol–water partition coefficient (Wildman–Crippen LogP) is 0.833. The maximum absolute atomic E-state index is 11.7. The summed E-state index contributed by atoms with van der Waals surface area (Å²) in [6.07, 6.45) is 1.77. The van der Waals surface area contributed by atoms with Crippen molar-refractivity contribution in [2.75, 3.05) is 25.6 Å². The van der Waals surface area contributed by atoms with Crippen LogP contribution in [0.3, 0.4) is 0 Å². The average molecular weight is 266 g/mol. The zero-order chi connectivity index (χ0) is 13.2. The lowest BCUT2D eigenvalue weighted by Gasteiger charge is -2.21. The number of rotatable bonds is 3. The number of sulfone groups is 1. The lowest BCUT2D eigenvalue weighted by molar-refractivity contribution is 0.297. The highest BCUT2D eigenvalue weighted by molar-refractivity contribution is 7.91. The summed E-state index contributed by atoms with van der Waals surface area (Å²) < 4.78 is 23.3. The van der Waals surface area contributed by atoms with Gasteiger partial charge in [0.05, 0.1) is 17.5 Å². The monoisotopic (exact) mass is 266 g/mol. The molecule has 0 aliphatic carbocycles. The molecule has 5 heteroatoms. The van der Waals surface area contributed by atoms with E-state index in [2.05, 4.69) is 4.99 Å². The minimum atomic E-state index is -2.95. The third-order valence-electron chi connectivity index (χ3n) is 3.17. The minimum absolute atomic E-state index is 0.0186. The third-order valence-corrected chi connectivity index (χ3v) is 4.87. The molecule has 2 rings (SSSR count). The van der Waals surface area contributed by atoms with E-state index in [-0.39, 0.29) is 23.6 Å². The van der Waals surface area contributed by atoms with Crippen LogP contribution in [0.1, 0.15) is 5.56 Å². The zero-order valence-electron chi connectivity index (χ0n) is 10.7. The molecule has 2 atom stereocenters. The van der Waals surface area contributed by atoms with E-state index in [0.717, 1.165) is 5.56 Å². The van der Waals surface area contributed by atoms with Crippen LogP contribution in [0.25, 0.3) is 0 Å². The molecule has 1 heterocycles. The maximum atomic E-state index is 11.7. The molecular formula is C13H18N2O2S. The van der Waals surface area contributed by atoms with E-state index in [0.29, 0.717) is 0 Å². The molecule has 0 amide bonds. The summed E-state index contributed by atoms with van der Waals surface area (Å²) in [6, 6.07) is 9.56. The molecule has 0 saturated carbocycles. The van der Waals surface area contributed by atoms with Crippen LogP contribution < -0.4 is 0 Å². The lowest BCUT2D eigenvalue weighted by Crippen LogP contribution is -2.37. The quantitative estimate of drug-likeness (QED) is 0.762. The largest absolute Gasteiger partial charge is 0.303 e. The molecule has 0 spiro atoms. The van der Waals surface area contributed by atoms with Gasteiger partial charge in [0.2, 0.25) is 0 Å². The Balaban J connectivity index is 2.15. The van der Waals surface area contributed by atoms with E-state index in [1.54, 1.807) is 6.21 Å². The Morgan fingerprint density at radius 1 is 1.22 bits per heavy atom. The fourth-order valence-electron chi connectivity index (χ4n) is 2.17. The van der Waals surface area contributed by atoms with Crippen LogP contribution in [0.4, 0.5) is 0 Å². The van der Waals surface area contributed by atoms with Gasteiger partial charge in [-0.2, -0.15) is 0 Å². The Morgan fingerprint density at radius 3 is 2.50 bits per heavy atom. The molecule has 0 aromatic heterocycles. The molecular weight excluding hydrogens is 248 g/mol. The molecule has 2 unspecified atom stereocenters. The van der Waals surface area contributed by atoms with Gasteiger partial charge in [-0.25, -0.2) is 8.42 Å². The van der Waals surface area contributed by atoms with E-state index in [1.165, 1.54) is 0 Å². The number of hydrogen-bond donors (Lipinski definition) is 0. The van der Waals surface area contributed by atoms with Gasteiger partial charge in [-0.1, -0.05) is 30.3 Å². The van der Waals surface area contributed by atoms with Gasteiger partial charge in [-0.05, 0) is 19.7 Å². The minimum Gasteiger partial charge on any atom is -0.303 e. The normalized spacial score (nSPS) is 27.1. The van der Waals surface area contributed by atoms with E-state index in [4.69, 9.17) is 0 Å². The van der Waals surface area contributed by atoms with Crippen LogP contribution in [0, 0.1) is 0 Å². The van der Waals surface area contributed by atoms with Crippen LogP contribution >= 0.6 is 0 Å². The van der Waals surface area contributed by atoms with Gasteiger partial charge in [0.1, 0.15) is 0 Å². The van der Waals surface area contributed by atoms with Crippen LogP contribution in [0.15, 0.2) is 35.3 Å². The molecule has 4 nitrogen and oxygen atoms in total. The second-order valence-electron chi connectivity index (χ2n) is 4.86. The molecule has 18 heavy (non-hydrogen) atoms. The molecule has 1 aliphatic heterocycles. The first-order valence-corrected chi connectivity index (χ1v) is 7.75. The molecule has 1 aromatic rings. The Hall–Kier alpha value is -1.20. The molecule has 0 N–H and O–H groups in total. The third kappa shape index (κ3) is 3.17. The summed E-state index contributed by atoms with van der Waals surface area (Å²) in [5, 5.41) is 0. The highest BCUT2D eigenvalue weighted by Gasteiger charge is 2.38. The van der Waals surface area contributed by atoms with Crippen molar-refractivity contribution in [3.05, 3.63) is 35.9 Å². The van der Waals surface area contributed by atoms with Gasteiger partial charge >= 0.3 is 0 Å². The number of hydrogen-bond acceptors (Lipinski definition) is 4. The topological polar surface area (TPSA) is 49.7 Å². The van der Waals surface area contributed by atoms with Crippen molar-refractivity contribution in [2.45, 2.75) is 12.1 Å². The van der Waals surface area contributed by atoms with Gasteiger partial charge in [0, 0.05) is 12.3 Å². The van der Waals surface area contributed by atoms with E-state index >= 15 is 0 Å². The molecule has 0 radical (unpaired) electrons. The summed E-state index contributed by atoms with van der Waals surface area (Å²) in [5.74, 6) is 0.357. The van der Waals surface area contributed by atoms with E-state index in [9.17, 15) is 8.42 Å². The lowest BCUT2D eigenvalue weighted by atomic mass is 10.1. The van der Waals surface area contributed by atoms with Crippen molar-refractivity contribution >= 4 is 16.1 Å². The smallest absolute Gasteiger partial charge is 0.154 e. The SMILES string of the molecule is CN(C)C1CS(=O)(=O)CC1N=Cc1ccccc1. The highest BCUT2D eigenvalue weighted by Crippen LogP contribution is 2.19. The fraction of sp³-hybridized carbons (Fsp3) is 0.462. The number of likely N-dealkylation sites (N-methyl/N-ethyl adjacent to an activating group) is 1. The van der Waals surface area contributed by atoms with E-state index in [1.807, 2.05) is 49.3 Å². The summed E-state index contributed by atoms with van der Waals surface area (Å²) in [7, 11) is 0.849. The summed E-state index contributed by atoms with van der Waals surface area (Å²) in [4.78, 5) is 6.39. The van der Waals surface area contributed by atoms with Gasteiger partial charge in [-0.3, -0.25) is 4.99 Å². The van der Waals surface area contributed by atoms with Crippen molar-refractivity contribution < 1.29 is 8.42 Å². The first-order chi connectivity index (χ1) is 8.48. The zero-order valence-corrected chi connectivity index (χ0v) is 11.5. The maximum Gasteiger partial charge on any atom is 0.154 e. The molecule has 1 saturated heterocycles. The average Bonchev–Trinajstić information content (AvgIpc) is 2.64. The Bertz CT molecular complexity index is 523. The first kappa shape index (κ1) is 13.2. The summed E-state index contributed by atoms with van der Waals surface area (Å²) in [6.45, 7) is 0. The molecule has 1 fully saturated rings. The van der Waals surface area contributed by atoms with Gasteiger partial charge < -0.3 is 4.90 Å². The van der Waals surface area contributed by atoms with Crippen LogP contribution in [-0.2, 0) is 9.84 Å². The van der Waals surface area contributed by atoms with Crippen LogP contribution in [0.5, 0.6) is 0 Å². The Morgan fingerprint density at radius 2 is 1.89 bits per heavy atom. The van der Waals surface area contributed by atoms with Crippen LogP contribution in [0.2, 0.25) is 0 Å². The summed E-state index contributed by atoms with van der Waals surface area (Å²) >= 11 is 0. The predicted molar refractivity (Wildman–Crippen MR) is 74.0 cm³/mol. The van der Waals surface area contributed by atoms with Gasteiger partial charge in [-0.15, -0.1) is 0 Å². The Labute approximate surface area is 108 Å². The first-order valence-electron chi connectivity index (χ1n) is 5.93. The Kier molecular flexibility index (Phi) is 3.82. The molecule has 0 bridgehead atoms. The molecule has 1 aliphatic rings. The molecule has 1 aromatic carbocycles.